The molecule has 0 radical (unpaired) electrons. The molecule has 0 fully saturated rings. The Morgan fingerprint density at radius 3 is 3.05 bits per heavy atom. The van der Waals surface area contributed by atoms with Crippen LogP contribution in [0.4, 0.5) is 10.5 Å². The van der Waals surface area contributed by atoms with Crippen LogP contribution in [0, 0.1) is 0 Å². The second kappa shape index (κ2) is 8.98. The number of hydrogen-bond acceptors (Lipinski definition) is 3. The van der Waals surface area contributed by atoms with Crippen LogP contribution in [0.3, 0.4) is 0 Å². The fourth-order valence-electron chi connectivity index (χ4n) is 1.64. The Hall–Kier alpha value is -2.01. The Morgan fingerprint density at radius 2 is 2.35 bits per heavy atom. The maximum absolute atomic E-state index is 11.7. The molecule has 0 heterocycles. The molecule has 3 N–H and O–H groups in total. The third-order valence-corrected chi connectivity index (χ3v) is 2.58. The zero-order valence-electron chi connectivity index (χ0n) is 11.8. The van der Waals surface area contributed by atoms with Crippen molar-refractivity contribution in [2.45, 2.75) is 25.9 Å². The second-order valence-corrected chi connectivity index (χ2v) is 4.41. The van der Waals surface area contributed by atoms with E-state index in [1.807, 2.05) is 6.92 Å². The quantitative estimate of drug-likeness (QED) is 0.640. The maximum atomic E-state index is 11.7. The lowest BCUT2D eigenvalue weighted by atomic mass is 10.2. The molecule has 0 aliphatic heterocycles. The number of benzene rings is 1. The van der Waals surface area contributed by atoms with Gasteiger partial charge in [-0.3, -0.25) is 0 Å². The molecule has 20 heavy (non-hydrogen) atoms. The van der Waals surface area contributed by atoms with Crippen molar-refractivity contribution < 1.29 is 14.6 Å². The van der Waals surface area contributed by atoms with Crippen molar-refractivity contribution in [3.05, 3.63) is 36.9 Å². The van der Waals surface area contributed by atoms with Crippen LogP contribution in [0.15, 0.2) is 36.9 Å². The zero-order chi connectivity index (χ0) is 14.8. The number of urea groups is 1. The van der Waals surface area contributed by atoms with Crippen molar-refractivity contribution in [2.75, 3.05) is 18.5 Å². The average molecular weight is 278 g/mol. The molecule has 1 rings (SSSR count). The molecule has 1 unspecified atom stereocenters. The normalized spacial score (nSPS) is 11.5. The van der Waals surface area contributed by atoms with Crippen molar-refractivity contribution in [1.82, 2.24) is 5.32 Å². The van der Waals surface area contributed by atoms with Gasteiger partial charge in [0, 0.05) is 18.3 Å². The lowest BCUT2D eigenvalue weighted by Gasteiger charge is -2.12. The molecule has 0 aliphatic rings. The maximum Gasteiger partial charge on any atom is 0.319 e. The van der Waals surface area contributed by atoms with E-state index >= 15 is 0 Å². The molecule has 0 spiro atoms. The first-order chi connectivity index (χ1) is 9.65. The van der Waals surface area contributed by atoms with Gasteiger partial charge < -0.3 is 20.5 Å². The Bertz CT molecular complexity index is 435. The van der Waals surface area contributed by atoms with Gasteiger partial charge in [-0.2, -0.15) is 0 Å². The fraction of sp³-hybridized carbons (Fsp3) is 0.400. The van der Waals surface area contributed by atoms with Gasteiger partial charge >= 0.3 is 6.03 Å². The molecule has 0 saturated heterocycles. The summed E-state index contributed by atoms with van der Waals surface area (Å²) in [6, 6.07) is 6.74. The van der Waals surface area contributed by atoms with Gasteiger partial charge in [0.25, 0.3) is 0 Å². The number of carbonyl (C=O) groups is 1. The summed E-state index contributed by atoms with van der Waals surface area (Å²) in [5.41, 5.74) is 0.633. The molecule has 0 aliphatic carbocycles. The van der Waals surface area contributed by atoms with E-state index in [1.54, 1.807) is 30.3 Å². The molecular weight excluding hydrogens is 256 g/mol. The molecule has 5 nitrogen and oxygen atoms in total. The highest BCUT2D eigenvalue weighted by Gasteiger charge is 2.06. The highest BCUT2D eigenvalue weighted by Crippen LogP contribution is 2.17. The van der Waals surface area contributed by atoms with Crippen LogP contribution >= 0.6 is 0 Å². The molecule has 5 heteroatoms. The van der Waals surface area contributed by atoms with Gasteiger partial charge in [0.05, 0.1) is 6.10 Å². The summed E-state index contributed by atoms with van der Waals surface area (Å²) in [4.78, 5) is 11.7. The van der Waals surface area contributed by atoms with Gasteiger partial charge in [-0.25, -0.2) is 4.79 Å². The van der Waals surface area contributed by atoms with E-state index in [1.165, 1.54) is 0 Å². The van der Waals surface area contributed by atoms with E-state index < -0.39 is 6.10 Å². The fourth-order valence-corrected chi connectivity index (χ4v) is 1.64. The summed E-state index contributed by atoms with van der Waals surface area (Å²) >= 11 is 0. The lowest BCUT2D eigenvalue weighted by Crippen LogP contribution is -2.35. The summed E-state index contributed by atoms with van der Waals surface area (Å²) in [6.07, 6.45) is 2.70. The third kappa shape index (κ3) is 6.24. The predicted molar refractivity (Wildman–Crippen MR) is 80.1 cm³/mol. The zero-order valence-corrected chi connectivity index (χ0v) is 11.8. The largest absolute Gasteiger partial charge is 0.489 e. The van der Waals surface area contributed by atoms with Crippen LogP contribution < -0.4 is 15.4 Å². The van der Waals surface area contributed by atoms with Crippen LogP contribution in [-0.2, 0) is 0 Å². The Kier molecular flexibility index (Phi) is 7.21. The van der Waals surface area contributed by atoms with E-state index in [2.05, 4.69) is 17.2 Å². The summed E-state index contributed by atoms with van der Waals surface area (Å²) in [7, 11) is 0. The number of carbonyl (C=O) groups excluding carboxylic acids is 1. The van der Waals surface area contributed by atoms with Crippen molar-refractivity contribution in [2.24, 2.45) is 0 Å². The average Bonchev–Trinajstić information content (AvgIpc) is 2.44. The van der Waals surface area contributed by atoms with E-state index in [0.717, 1.165) is 6.42 Å². The number of aliphatic hydroxyl groups is 1. The molecule has 110 valence electrons. The highest BCUT2D eigenvalue weighted by molar-refractivity contribution is 5.89. The summed E-state index contributed by atoms with van der Waals surface area (Å²) < 4.78 is 5.38. The number of ether oxygens (including phenoxy) is 1. The van der Waals surface area contributed by atoms with Crippen LogP contribution in [0.25, 0.3) is 0 Å². The SMILES string of the molecule is C=CCOc1cccc(NC(=O)NCC(O)CCC)c1. The van der Waals surface area contributed by atoms with Gasteiger partial charge in [-0.1, -0.05) is 32.1 Å². The molecule has 0 saturated carbocycles. The second-order valence-electron chi connectivity index (χ2n) is 4.41. The molecule has 1 aromatic carbocycles. The molecule has 0 aromatic heterocycles. The number of anilines is 1. The molecule has 1 aromatic rings. The van der Waals surface area contributed by atoms with Crippen LogP contribution in [0.5, 0.6) is 5.75 Å². The van der Waals surface area contributed by atoms with Gasteiger partial charge in [0.15, 0.2) is 0 Å². The van der Waals surface area contributed by atoms with Crippen LogP contribution in [0.2, 0.25) is 0 Å². The number of amides is 2. The Labute approximate surface area is 119 Å². The number of hydrogen-bond donors (Lipinski definition) is 3. The molecule has 1 atom stereocenters. The summed E-state index contributed by atoms with van der Waals surface area (Å²) in [5.74, 6) is 0.661. The lowest BCUT2D eigenvalue weighted by molar-refractivity contribution is 0.162. The number of aliphatic hydroxyl groups excluding tert-OH is 1. The first-order valence-electron chi connectivity index (χ1n) is 6.72. The molecular formula is C15H22N2O3. The Morgan fingerprint density at radius 1 is 1.55 bits per heavy atom. The molecule has 0 bridgehead atoms. The minimum absolute atomic E-state index is 0.242. The standard InChI is InChI=1S/C15H22N2O3/c1-3-6-13(18)11-16-15(19)17-12-7-5-8-14(10-12)20-9-4-2/h4-5,7-8,10,13,18H,2-3,6,9,11H2,1H3,(H2,16,17,19). The van der Waals surface area contributed by atoms with Crippen molar-refractivity contribution in [1.29, 1.82) is 0 Å². The van der Waals surface area contributed by atoms with Crippen molar-refractivity contribution in [3.8, 4) is 5.75 Å². The van der Waals surface area contributed by atoms with E-state index in [9.17, 15) is 9.90 Å². The number of nitrogens with one attached hydrogen (secondary N) is 2. The third-order valence-electron chi connectivity index (χ3n) is 2.58. The predicted octanol–water partition coefficient (Wildman–Crippen LogP) is 2.53. The monoisotopic (exact) mass is 278 g/mol. The first kappa shape index (κ1) is 16.0. The minimum Gasteiger partial charge on any atom is -0.489 e. The first-order valence-corrected chi connectivity index (χ1v) is 6.72. The van der Waals surface area contributed by atoms with Crippen molar-refractivity contribution in [3.63, 3.8) is 0 Å². The smallest absolute Gasteiger partial charge is 0.319 e. The van der Waals surface area contributed by atoms with Crippen LogP contribution in [-0.4, -0.2) is 30.4 Å². The molecule has 2 amide bonds. The van der Waals surface area contributed by atoms with Crippen LogP contribution in [0.1, 0.15) is 19.8 Å². The minimum atomic E-state index is -0.506. The number of rotatable bonds is 8. The van der Waals surface area contributed by atoms with Gasteiger partial charge in [0.1, 0.15) is 12.4 Å². The van der Waals surface area contributed by atoms with E-state index in [0.29, 0.717) is 24.5 Å². The van der Waals surface area contributed by atoms with Gasteiger partial charge in [0.2, 0.25) is 0 Å². The highest BCUT2D eigenvalue weighted by atomic mass is 16.5. The van der Waals surface area contributed by atoms with Gasteiger partial charge in [-0.05, 0) is 18.6 Å². The topological polar surface area (TPSA) is 70.6 Å². The van der Waals surface area contributed by atoms with E-state index in [-0.39, 0.29) is 12.6 Å². The summed E-state index contributed by atoms with van der Waals surface area (Å²) in [6.45, 7) is 6.22. The Balaban J connectivity index is 2.43. The van der Waals surface area contributed by atoms with Crippen molar-refractivity contribution >= 4 is 11.7 Å². The summed E-state index contributed by atoms with van der Waals surface area (Å²) in [5, 5.41) is 14.8. The van der Waals surface area contributed by atoms with Gasteiger partial charge in [-0.15, -0.1) is 0 Å². The van der Waals surface area contributed by atoms with E-state index in [4.69, 9.17) is 4.74 Å².